The Morgan fingerprint density at radius 3 is 2.40 bits per heavy atom. The van der Waals surface area contributed by atoms with Crippen LogP contribution < -0.4 is 24.8 Å². The Kier molecular flexibility index (Phi) is 7.70. The van der Waals surface area contributed by atoms with Gasteiger partial charge in [0, 0.05) is 24.7 Å². The molecule has 0 unspecified atom stereocenters. The second-order valence-electron chi connectivity index (χ2n) is 6.13. The lowest BCUT2D eigenvalue weighted by Gasteiger charge is -2.17. The first-order valence-corrected chi connectivity index (χ1v) is 9.06. The molecule has 0 atom stereocenters. The molecule has 0 radical (unpaired) electrons. The van der Waals surface area contributed by atoms with E-state index >= 15 is 0 Å². The standard InChI is InChI=1S/C19H31N3O3/c1-5-20-19(22-15-8-6-7-9-15)21-13-12-14-10-11-16(23-2)18(25-4)17(14)24-3/h10-11,15H,5-9,12-13H2,1-4H3,(H2,20,21,22). The number of benzene rings is 1. The summed E-state index contributed by atoms with van der Waals surface area (Å²) in [5.41, 5.74) is 1.06. The molecule has 0 aromatic heterocycles. The van der Waals surface area contributed by atoms with Gasteiger partial charge in [0.1, 0.15) is 0 Å². The first-order valence-electron chi connectivity index (χ1n) is 9.06. The van der Waals surface area contributed by atoms with Crippen LogP contribution in [0.3, 0.4) is 0 Å². The predicted molar refractivity (Wildman–Crippen MR) is 101 cm³/mol. The van der Waals surface area contributed by atoms with Crippen LogP contribution in [0.15, 0.2) is 17.1 Å². The van der Waals surface area contributed by atoms with E-state index in [1.807, 2.05) is 12.1 Å². The van der Waals surface area contributed by atoms with E-state index < -0.39 is 0 Å². The first kappa shape index (κ1) is 19.2. The predicted octanol–water partition coefficient (Wildman–Crippen LogP) is 2.75. The van der Waals surface area contributed by atoms with Crippen molar-refractivity contribution >= 4 is 5.96 Å². The second-order valence-corrected chi connectivity index (χ2v) is 6.13. The fraction of sp³-hybridized carbons (Fsp3) is 0.632. The fourth-order valence-corrected chi connectivity index (χ4v) is 3.23. The molecular formula is C19H31N3O3. The van der Waals surface area contributed by atoms with Gasteiger partial charge in [0.15, 0.2) is 17.5 Å². The molecular weight excluding hydrogens is 318 g/mol. The summed E-state index contributed by atoms with van der Waals surface area (Å²) in [6, 6.07) is 4.46. The highest BCUT2D eigenvalue weighted by atomic mass is 16.5. The van der Waals surface area contributed by atoms with E-state index in [1.54, 1.807) is 21.3 Å². The quantitative estimate of drug-likeness (QED) is 0.558. The third kappa shape index (κ3) is 5.18. The van der Waals surface area contributed by atoms with Crippen LogP contribution in [0.25, 0.3) is 0 Å². The minimum absolute atomic E-state index is 0.549. The van der Waals surface area contributed by atoms with Gasteiger partial charge < -0.3 is 24.8 Å². The maximum Gasteiger partial charge on any atom is 0.203 e. The zero-order valence-corrected chi connectivity index (χ0v) is 15.9. The number of rotatable bonds is 8. The SMILES string of the molecule is CCNC(=NCCc1ccc(OC)c(OC)c1OC)NC1CCCC1. The van der Waals surface area contributed by atoms with E-state index in [2.05, 4.69) is 17.6 Å². The normalized spacial score (nSPS) is 15.1. The van der Waals surface area contributed by atoms with Crippen molar-refractivity contribution in [1.29, 1.82) is 0 Å². The number of hydrogen-bond acceptors (Lipinski definition) is 4. The van der Waals surface area contributed by atoms with Gasteiger partial charge in [0.25, 0.3) is 0 Å². The van der Waals surface area contributed by atoms with Gasteiger partial charge in [-0.1, -0.05) is 18.9 Å². The Morgan fingerprint density at radius 1 is 1.08 bits per heavy atom. The van der Waals surface area contributed by atoms with Gasteiger partial charge in [-0.15, -0.1) is 0 Å². The largest absolute Gasteiger partial charge is 0.493 e. The summed E-state index contributed by atoms with van der Waals surface area (Å²) in [4.78, 5) is 4.71. The summed E-state index contributed by atoms with van der Waals surface area (Å²) >= 11 is 0. The highest BCUT2D eigenvalue weighted by molar-refractivity contribution is 5.80. The Labute approximate surface area is 151 Å². The number of methoxy groups -OCH3 is 3. The number of ether oxygens (including phenoxy) is 3. The molecule has 1 saturated carbocycles. The summed E-state index contributed by atoms with van der Waals surface area (Å²) in [7, 11) is 4.89. The van der Waals surface area contributed by atoms with Crippen molar-refractivity contribution in [2.24, 2.45) is 4.99 Å². The second kappa shape index (κ2) is 10.0. The molecule has 1 fully saturated rings. The number of aliphatic imine (C=N–C) groups is 1. The highest BCUT2D eigenvalue weighted by Gasteiger charge is 2.17. The molecule has 0 amide bonds. The monoisotopic (exact) mass is 349 g/mol. The molecule has 0 heterocycles. The van der Waals surface area contributed by atoms with Crippen LogP contribution >= 0.6 is 0 Å². The summed E-state index contributed by atoms with van der Waals surface area (Å²) < 4.78 is 16.3. The Morgan fingerprint density at radius 2 is 1.80 bits per heavy atom. The van der Waals surface area contributed by atoms with Gasteiger partial charge in [0.05, 0.1) is 21.3 Å². The van der Waals surface area contributed by atoms with E-state index in [4.69, 9.17) is 19.2 Å². The van der Waals surface area contributed by atoms with Gasteiger partial charge in [-0.3, -0.25) is 4.99 Å². The van der Waals surface area contributed by atoms with Crippen LogP contribution in [0.2, 0.25) is 0 Å². The van der Waals surface area contributed by atoms with Crippen LogP contribution in [0.1, 0.15) is 38.2 Å². The highest BCUT2D eigenvalue weighted by Crippen LogP contribution is 2.39. The molecule has 0 saturated heterocycles. The van der Waals surface area contributed by atoms with Gasteiger partial charge in [-0.2, -0.15) is 0 Å². The number of hydrogen-bond donors (Lipinski definition) is 2. The maximum absolute atomic E-state index is 5.54. The molecule has 1 aliphatic carbocycles. The summed E-state index contributed by atoms with van der Waals surface area (Å²) in [5.74, 6) is 2.91. The van der Waals surface area contributed by atoms with Crippen molar-refractivity contribution in [2.45, 2.75) is 45.1 Å². The number of guanidine groups is 1. The lowest BCUT2D eigenvalue weighted by atomic mass is 10.1. The van der Waals surface area contributed by atoms with Crippen molar-refractivity contribution < 1.29 is 14.2 Å². The Bertz CT molecular complexity index is 569. The smallest absolute Gasteiger partial charge is 0.203 e. The molecule has 0 bridgehead atoms. The van der Waals surface area contributed by atoms with Gasteiger partial charge in [0.2, 0.25) is 5.75 Å². The Balaban J connectivity index is 2.05. The molecule has 6 heteroatoms. The third-order valence-electron chi connectivity index (χ3n) is 4.48. The molecule has 1 aromatic rings. The molecule has 0 aliphatic heterocycles. The van der Waals surface area contributed by atoms with Crippen LogP contribution in [-0.2, 0) is 6.42 Å². The van der Waals surface area contributed by atoms with Gasteiger partial charge in [-0.25, -0.2) is 0 Å². The van der Waals surface area contributed by atoms with E-state index in [0.717, 1.165) is 24.5 Å². The minimum atomic E-state index is 0.549. The molecule has 2 N–H and O–H groups in total. The van der Waals surface area contributed by atoms with E-state index in [1.165, 1.54) is 25.7 Å². The van der Waals surface area contributed by atoms with Gasteiger partial charge in [-0.05, 0) is 32.3 Å². The maximum atomic E-state index is 5.54. The average molecular weight is 349 g/mol. The summed E-state index contributed by atoms with van der Waals surface area (Å²) in [6.45, 7) is 3.62. The average Bonchev–Trinajstić information content (AvgIpc) is 3.14. The summed E-state index contributed by atoms with van der Waals surface area (Å²) in [6.07, 6.45) is 5.84. The fourth-order valence-electron chi connectivity index (χ4n) is 3.23. The molecule has 25 heavy (non-hydrogen) atoms. The lowest BCUT2D eigenvalue weighted by molar-refractivity contribution is 0.322. The molecule has 2 rings (SSSR count). The molecule has 1 aromatic carbocycles. The zero-order chi connectivity index (χ0) is 18.1. The van der Waals surface area contributed by atoms with E-state index in [0.29, 0.717) is 29.8 Å². The molecule has 140 valence electrons. The van der Waals surface area contributed by atoms with Crippen LogP contribution in [-0.4, -0.2) is 46.4 Å². The zero-order valence-electron chi connectivity index (χ0n) is 15.9. The third-order valence-corrected chi connectivity index (χ3v) is 4.48. The minimum Gasteiger partial charge on any atom is -0.493 e. The van der Waals surface area contributed by atoms with Crippen LogP contribution in [0, 0.1) is 0 Å². The van der Waals surface area contributed by atoms with Crippen LogP contribution in [0.5, 0.6) is 17.2 Å². The Hall–Kier alpha value is -2.11. The number of nitrogens with zero attached hydrogens (tertiary/aromatic N) is 1. The van der Waals surface area contributed by atoms with Crippen LogP contribution in [0.4, 0.5) is 0 Å². The van der Waals surface area contributed by atoms with E-state index in [-0.39, 0.29) is 0 Å². The van der Waals surface area contributed by atoms with Crippen molar-refractivity contribution in [3.63, 3.8) is 0 Å². The van der Waals surface area contributed by atoms with Crippen molar-refractivity contribution in [3.05, 3.63) is 17.7 Å². The molecule has 6 nitrogen and oxygen atoms in total. The van der Waals surface area contributed by atoms with Crippen molar-refractivity contribution in [3.8, 4) is 17.2 Å². The molecule has 1 aliphatic rings. The lowest BCUT2D eigenvalue weighted by Crippen LogP contribution is -2.42. The molecule has 0 spiro atoms. The topological polar surface area (TPSA) is 64.1 Å². The van der Waals surface area contributed by atoms with E-state index in [9.17, 15) is 0 Å². The first-order chi connectivity index (χ1) is 12.2. The summed E-state index contributed by atoms with van der Waals surface area (Å²) in [5, 5.41) is 6.86. The van der Waals surface area contributed by atoms with Gasteiger partial charge >= 0.3 is 0 Å². The number of nitrogens with one attached hydrogen (secondary N) is 2. The van der Waals surface area contributed by atoms with Crippen molar-refractivity contribution in [1.82, 2.24) is 10.6 Å². The van der Waals surface area contributed by atoms with Crippen molar-refractivity contribution in [2.75, 3.05) is 34.4 Å².